The minimum Gasteiger partial charge on any atom is -0.462 e. The molecule has 2 aromatic rings. The molecule has 1 aromatic carbocycles. The Balaban J connectivity index is 1.38. The zero-order chi connectivity index (χ0) is 21.4. The fourth-order valence-corrected chi connectivity index (χ4v) is 5.19. The number of nitrogens with one attached hydrogen (secondary N) is 1. The Morgan fingerprint density at radius 2 is 1.81 bits per heavy atom. The second kappa shape index (κ2) is 8.09. The molecule has 2 heterocycles. The molecule has 2 aliphatic carbocycles. The summed E-state index contributed by atoms with van der Waals surface area (Å²) in [6, 6.07) is 9.91. The van der Waals surface area contributed by atoms with Crippen molar-refractivity contribution < 1.29 is 19.0 Å². The molecule has 3 fully saturated rings. The van der Waals surface area contributed by atoms with Crippen LogP contribution in [0.15, 0.2) is 52.2 Å². The summed E-state index contributed by atoms with van der Waals surface area (Å²) in [5.41, 5.74) is -0.402. The minimum atomic E-state index is -0.625. The van der Waals surface area contributed by atoms with Crippen LogP contribution in [0.2, 0.25) is 0 Å². The number of carbonyl (C=O) groups excluding carboxylic acids is 1. The molecule has 4 atom stereocenters. The number of carbonyl (C=O) groups is 1. The number of aromatic nitrogens is 2. The van der Waals surface area contributed by atoms with Crippen molar-refractivity contribution in [1.82, 2.24) is 9.55 Å². The number of hydrogen-bond donors (Lipinski definition) is 1. The maximum absolute atomic E-state index is 12.5. The number of H-pyrrole nitrogens is 1. The largest absolute Gasteiger partial charge is 0.462 e. The van der Waals surface area contributed by atoms with E-state index in [2.05, 4.69) is 4.98 Å². The molecule has 31 heavy (non-hydrogen) atoms. The van der Waals surface area contributed by atoms with Gasteiger partial charge in [0.25, 0.3) is 5.56 Å². The Morgan fingerprint density at radius 3 is 2.55 bits per heavy atom. The van der Waals surface area contributed by atoms with Crippen molar-refractivity contribution in [2.24, 2.45) is 5.92 Å². The topological polar surface area (TPSA) is 99.6 Å². The summed E-state index contributed by atoms with van der Waals surface area (Å²) in [6.45, 7) is 0.183. The first-order chi connectivity index (χ1) is 15.0. The van der Waals surface area contributed by atoms with Crippen molar-refractivity contribution >= 4 is 5.97 Å². The average molecular weight is 426 g/mol. The van der Waals surface area contributed by atoms with Crippen LogP contribution in [0.5, 0.6) is 0 Å². The van der Waals surface area contributed by atoms with Gasteiger partial charge in [0.1, 0.15) is 6.10 Å². The molecule has 2 saturated carbocycles. The van der Waals surface area contributed by atoms with Gasteiger partial charge in [0.05, 0.1) is 24.3 Å². The molecule has 3 aliphatic rings. The van der Waals surface area contributed by atoms with Crippen LogP contribution < -0.4 is 11.2 Å². The first-order valence-electron chi connectivity index (χ1n) is 10.9. The maximum atomic E-state index is 12.5. The van der Waals surface area contributed by atoms with Crippen molar-refractivity contribution in [3.05, 3.63) is 69.0 Å². The monoisotopic (exact) mass is 426 g/mol. The highest BCUT2D eigenvalue weighted by molar-refractivity contribution is 5.89. The normalized spacial score (nSPS) is 29.0. The summed E-state index contributed by atoms with van der Waals surface area (Å²) in [6.07, 6.45) is 6.34. The molecule has 164 valence electrons. The second-order valence-corrected chi connectivity index (χ2v) is 8.68. The summed E-state index contributed by atoms with van der Waals surface area (Å²) < 4.78 is 20.1. The first kappa shape index (κ1) is 20.2. The summed E-state index contributed by atoms with van der Waals surface area (Å²) in [7, 11) is 0. The van der Waals surface area contributed by atoms with Crippen LogP contribution in [0.4, 0.5) is 0 Å². The van der Waals surface area contributed by atoms with Gasteiger partial charge in [-0.2, -0.15) is 0 Å². The number of fused-ring (bicyclic) bond motifs is 1. The van der Waals surface area contributed by atoms with Crippen molar-refractivity contribution in [2.75, 3.05) is 6.61 Å². The van der Waals surface area contributed by atoms with Crippen molar-refractivity contribution in [3.63, 3.8) is 0 Å². The van der Waals surface area contributed by atoms with Crippen molar-refractivity contribution in [3.8, 4) is 0 Å². The quantitative estimate of drug-likeness (QED) is 0.754. The number of hydrogen-bond acceptors (Lipinski definition) is 6. The first-order valence-corrected chi connectivity index (χ1v) is 10.9. The zero-order valence-electron chi connectivity index (χ0n) is 17.2. The minimum absolute atomic E-state index is 0.109. The second-order valence-electron chi connectivity index (χ2n) is 8.68. The molecule has 8 nitrogen and oxygen atoms in total. The third-order valence-corrected chi connectivity index (χ3v) is 6.68. The van der Waals surface area contributed by atoms with E-state index in [1.54, 1.807) is 24.3 Å². The lowest BCUT2D eigenvalue weighted by Crippen LogP contribution is -2.38. The van der Waals surface area contributed by atoms with Gasteiger partial charge in [-0.15, -0.1) is 0 Å². The molecule has 1 aromatic heterocycles. The Labute approximate surface area is 179 Å². The van der Waals surface area contributed by atoms with Crippen LogP contribution in [-0.2, 0) is 14.2 Å². The molecule has 0 radical (unpaired) electrons. The van der Waals surface area contributed by atoms with Gasteiger partial charge in [-0.05, 0) is 31.4 Å². The fraction of sp³-hybridized carbons (Fsp3) is 0.522. The number of aromatic amines is 1. The third kappa shape index (κ3) is 3.85. The van der Waals surface area contributed by atoms with Crippen molar-refractivity contribution in [2.45, 2.75) is 62.6 Å². The van der Waals surface area contributed by atoms with Crippen LogP contribution in [-0.4, -0.2) is 40.1 Å². The highest BCUT2D eigenvalue weighted by atomic mass is 16.8. The molecular formula is C23H26N2O6. The Hall–Kier alpha value is -2.71. The van der Waals surface area contributed by atoms with Gasteiger partial charge >= 0.3 is 11.7 Å². The summed E-state index contributed by atoms with van der Waals surface area (Å²) >= 11 is 0. The standard InChI is InChI=1S/C23H26N2O6/c26-18-9-12-25(22(28)24-18)17-13-16(14-29-21(27)15-7-3-1-4-8-15)19-20(17)31-23(30-19)10-5-2-6-11-23/h1,3-4,7-9,12,16-17,19-20H,2,5-6,10-11,13-14H2,(H,24,26,28)/t16-,17-,19-,20+/m1/s1. The van der Waals surface area contributed by atoms with Gasteiger partial charge in [-0.3, -0.25) is 14.3 Å². The van der Waals surface area contributed by atoms with Crippen LogP contribution >= 0.6 is 0 Å². The van der Waals surface area contributed by atoms with Crippen LogP contribution in [0.25, 0.3) is 0 Å². The number of nitrogens with zero attached hydrogens (tertiary/aromatic N) is 1. The van der Waals surface area contributed by atoms with Gasteiger partial charge in [-0.25, -0.2) is 9.59 Å². The molecule has 0 amide bonds. The average Bonchev–Trinajstić information content (AvgIpc) is 3.29. The molecule has 1 spiro atoms. The lowest BCUT2D eigenvalue weighted by Gasteiger charge is -2.34. The predicted molar refractivity (Wildman–Crippen MR) is 111 cm³/mol. The SMILES string of the molecule is O=C(OC[C@H]1C[C@@H](n2ccc(=O)[nH]c2=O)[C@@H]2OC3(CCCCC3)O[C@H]12)c1ccccc1. The Morgan fingerprint density at radius 1 is 1.06 bits per heavy atom. The molecule has 8 heteroatoms. The van der Waals surface area contributed by atoms with E-state index in [0.717, 1.165) is 32.1 Å². The van der Waals surface area contributed by atoms with E-state index < -0.39 is 17.0 Å². The van der Waals surface area contributed by atoms with Gasteiger partial charge in [-0.1, -0.05) is 24.6 Å². The number of benzene rings is 1. The van der Waals surface area contributed by atoms with Crippen LogP contribution in [0.3, 0.4) is 0 Å². The maximum Gasteiger partial charge on any atom is 0.338 e. The van der Waals surface area contributed by atoms with E-state index in [1.807, 2.05) is 6.07 Å². The lowest BCUT2D eigenvalue weighted by atomic mass is 9.94. The molecule has 0 unspecified atom stereocenters. The lowest BCUT2D eigenvalue weighted by molar-refractivity contribution is -0.206. The van der Waals surface area contributed by atoms with Crippen LogP contribution in [0, 0.1) is 5.92 Å². The molecule has 1 saturated heterocycles. The van der Waals surface area contributed by atoms with E-state index in [0.29, 0.717) is 12.0 Å². The van der Waals surface area contributed by atoms with E-state index >= 15 is 0 Å². The number of esters is 1. The Bertz CT molecular complexity index is 1060. The van der Waals surface area contributed by atoms with Crippen LogP contribution in [0.1, 0.15) is 54.9 Å². The smallest absolute Gasteiger partial charge is 0.338 e. The highest BCUT2D eigenvalue weighted by Crippen LogP contribution is 2.50. The number of ether oxygens (including phenoxy) is 3. The van der Waals surface area contributed by atoms with E-state index in [-0.39, 0.29) is 36.7 Å². The van der Waals surface area contributed by atoms with Gasteiger partial charge < -0.3 is 14.2 Å². The van der Waals surface area contributed by atoms with E-state index in [9.17, 15) is 14.4 Å². The highest BCUT2D eigenvalue weighted by Gasteiger charge is 2.58. The summed E-state index contributed by atoms with van der Waals surface area (Å²) in [5.74, 6) is -1.12. The van der Waals surface area contributed by atoms with Gasteiger partial charge in [0, 0.05) is 31.0 Å². The molecular weight excluding hydrogens is 400 g/mol. The molecule has 5 rings (SSSR count). The third-order valence-electron chi connectivity index (χ3n) is 6.68. The molecule has 1 aliphatic heterocycles. The summed E-state index contributed by atoms with van der Waals surface area (Å²) in [4.78, 5) is 38.8. The molecule has 1 N–H and O–H groups in total. The van der Waals surface area contributed by atoms with E-state index in [4.69, 9.17) is 14.2 Å². The van der Waals surface area contributed by atoms with E-state index in [1.165, 1.54) is 16.8 Å². The Kier molecular flexibility index (Phi) is 5.27. The zero-order valence-corrected chi connectivity index (χ0v) is 17.2. The van der Waals surface area contributed by atoms with Gasteiger partial charge in [0.15, 0.2) is 5.79 Å². The predicted octanol–water partition coefficient (Wildman–Crippen LogP) is 2.40. The fourth-order valence-electron chi connectivity index (χ4n) is 5.19. The number of rotatable bonds is 4. The summed E-state index contributed by atoms with van der Waals surface area (Å²) in [5, 5.41) is 0. The van der Waals surface area contributed by atoms with Crippen molar-refractivity contribution in [1.29, 1.82) is 0 Å². The van der Waals surface area contributed by atoms with Gasteiger partial charge in [0.2, 0.25) is 0 Å². The molecule has 0 bridgehead atoms.